The Balaban J connectivity index is 2.87. The second-order valence-corrected chi connectivity index (χ2v) is 6.75. The second-order valence-electron chi connectivity index (χ2n) is 4.75. The Morgan fingerprint density at radius 3 is 2.40 bits per heavy atom. The Bertz CT molecular complexity index is 500. The van der Waals surface area contributed by atoms with Gasteiger partial charge in [-0.05, 0) is 31.2 Å². The number of ether oxygens (including phenoxy) is 1. The zero-order chi connectivity index (χ0) is 15.2. The van der Waals surface area contributed by atoms with Crippen LogP contribution in [0.4, 0.5) is 0 Å². The lowest BCUT2D eigenvalue weighted by Gasteiger charge is -2.23. The van der Waals surface area contributed by atoms with Crippen LogP contribution in [-0.2, 0) is 21.3 Å². The van der Waals surface area contributed by atoms with Crippen LogP contribution in [0, 0.1) is 0 Å². The van der Waals surface area contributed by atoms with Gasteiger partial charge in [-0.2, -0.15) is 4.31 Å². The standard InChI is InChI=1S/C14H24N2O3S/c1-5-15-10-13-6-8-14(9-7-13)20(17,18)16(3)12(2)11-19-4/h6-9,12,15H,5,10-11H2,1-4H3. The summed E-state index contributed by atoms with van der Waals surface area (Å²) in [5.74, 6) is 0. The third kappa shape index (κ3) is 4.28. The lowest BCUT2D eigenvalue weighted by molar-refractivity contribution is 0.149. The van der Waals surface area contributed by atoms with Gasteiger partial charge in [-0.15, -0.1) is 0 Å². The van der Waals surface area contributed by atoms with Crippen LogP contribution >= 0.6 is 0 Å². The summed E-state index contributed by atoms with van der Waals surface area (Å²) in [6.45, 7) is 5.85. The molecule has 0 fully saturated rings. The van der Waals surface area contributed by atoms with Gasteiger partial charge in [0.1, 0.15) is 0 Å². The average molecular weight is 300 g/mol. The van der Waals surface area contributed by atoms with E-state index in [-0.39, 0.29) is 6.04 Å². The first-order valence-corrected chi connectivity index (χ1v) is 8.14. The highest BCUT2D eigenvalue weighted by Crippen LogP contribution is 2.17. The van der Waals surface area contributed by atoms with Crippen molar-refractivity contribution in [3.63, 3.8) is 0 Å². The minimum absolute atomic E-state index is 0.202. The summed E-state index contributed by atoms with van der Waals surface area (Å²) < 4.78 is 31.2. The van der Waals surface area contributed by atoms with E-state index in [9.17, 15) is 8.42 Å². The first-order valence-electron chi connectivity index (χ1n) is 6.70. The van der Waals surface area contributed by atoms with E-state index < -0.39 is 10.0 Å². The molecule has 6 heteroatoms. The van der Waals surface area contributed by atoms with E-state index in [1.807, 2.05) is 26.0 Å². The number of hydrogen-bond donors (Lipinski definition) is 1. The van der Waals surface area contributed by atoms with Crippen LogP contribution in [-0.4, -0.2) is 46.1 Å². The van der Waals surface area contributed by atoms with Crippen molar-refractivity contribution in [2.75, 3.05) is 27.3 Å². The maximum Gasteiger partial charge on any atom is 0.243 e. The van der Waals surface area contributed by atoms with E-state index in [1.54, 1.807) is 26.3 Å². The number of methoxy groups -OCH3 is 1. The number of hydrogen-bond acceptors (Lipinski definition) is 4. The van der Waals surface area contributed by atoms with Gasteiger partial charge >= 0.3 is 0 Å². The summed E-state index contributed by atoms with van der Waals surface area (Å²) >= 11 is 0. The topological polar surface area (TPSA) is 58.6 Å². The van der Waals surface area contributed by atoms with E-state index in [1.165, 1.54) is 4.31 Å². The van der Waals surface area contributed by atoms with Gasteiger partial charge in [-0.1, -0.05) is 19.1 Å². The second kappa shape index (κ2) is 7.73. The van der Waals surface area contributed by atoms with Gasteiger partial charge in [0, 0.05) is 26.7 Å². The van der Waals surface area contributed by atoms with Crippen molar-refractivity contribution in [2.24, 2.45) is 0 Å². The highest BCUT2D eigenvalue weighted by molar-refractivity contribution is 7.89. The van der Waals surface area contributed by atoms with E-state index in [2.05, 4.69) is 5.32 Å². The Morgan fingerprint density at radius 2 is 1.90 bits per heavy atom. The molecule has 1 aromatic carbocycles. The lowest BCUT2D eigenvalue weighted by Crippen LogP contribution is -2.37. The Morgan fingerprint density at radius 1 is 1.30 bits per heavy atom. The van der Waals surface area contributed by atoms with Crippen molar-refractivity contribution < 1.29 is 13.2 Å². The predicted octanol–water partition coefficient (Wildman–Crippen LogP) is 1.45. The van der Waals surface area contributed by atoms with Crippen LogP contribution in [0.1, 0.15) is 19.4 Å². The summed E-state index contributed by atoms with van der Waals surface area (Å²) in [6, 6.07) is 6.77. The fraction of sp³-hybridized carbons (Fsp3) is 0.571. The molecule has 0 aliphatic rings. The first-order chi connectivity index (χ1) is 9.43. The molecule has 1 atom stereocenters. The number of sulfonamides is 1. The maximum atomic E-state index is 12.4. The zero-order valence-electron chi connectivity index (χ0n) is 12.6. The molecule has 0 saturated heterocycles. The normalized spacial score (nSPS) is 13.7. The van der Waals surface area contributed by atoms with Gasteiger partial charge in [-0.3, -0.25) is 0 Å². The molecule has 0 aliphatic heterocycles. The number of rotatable bonds is 8. The van der Waals surface area contributed by atoms with Crippen molar-refractivity contribution in [1.82, 2.24) is 9.62 Å². The summed E-state index contributed by atoms with van der Waals surface area (Å²) in [7, 11) is -0.328. The molecule has 0 aromatic heterocycles. The SMILES string of the molecule is CCNCc1ccc(S(=O)(=O)N(C)C(C)COC)cc1. The van der Waals surface area contributed by atoms with Crippen LogP contribution in [0.15, 0.2) is 29.2 Å². The maximum absolute atomic E-state index is 12.4. The van der Waals surface area contributed by atoms with E-state index >= 15 is 0 Å². The molecule has 0 heterocycles. The first kappa shape index (κ1) is 17.1. The van der Waals surface area contributed by atoms with Gasteiger partial charge in [0.05, 0.1) is 11.5 Å². The van der Waals surface area contributed by atoms with Crippen molar-refractivity contribution in [3.05, 3.63) is 29.8 Å². The Hall–Kier alpha value is -0.950. The number of nitrogens with one attached hydrogen (secondary N) is 1. The minimum Gasteiger partial charge on any atom is -0.383 e. The highest BCUT2D eigenvalue weighted by Gasteiger charge is 2.25. The van der Waals surface area contributed by atoms with Crippen molar-refractivity contribution in [3.8, 4) is 0 Å². The van der Waals surface area contributed by atoms with Gasteiger partial charge in [0.2, 0.25) is 10.0 Å². The molecule has 0 radical (unpaired) electrons. The average Bonchev–Trinajstić information content (AvgIpc) is 2.45. The van der Waals surface area contributed by atoms with Gasteiger partial charge in [-0.25, -0.2) is 8.42 Å². The molecule has 1 aromatic rings. The smallest absolute Gasteiger partial charge is 0.243 e. The molecule has 1 N–H and O–H groups in total. The Labute approximate surface area is 122 Å². The van der Waals surface area contributed by atoms with Gasteiger partial charge < -0.3 is 10.1 Å². The van der Waals surface area contributed by atoms with E-state index in [4.69, 9.17) is 4.74 Å². The largest absolute Gasteiger partial charge is 0.383 e. The zero-order valence-corrected chi connectivity index (χ0v) is 13.4. The summed E-state index contributed by atoms with van der Waals surface area (Å²) in [4.78, 5) is 0.309. The highest BCUT2D eigenvalue weighted by atomic mass is 32.2. The predicted molar refractivity (Wildman–Crippen MR) is 80.1 cm³/mol. The minimum atomic E-state index is -3.46. The van der Waals surface area contributed by atoms with Crippen molar-refractivity contribution >= 4 is 10.0 Å². The molecule has 20 heavy (non-hydrogen) atoms. The molecule has 1 unspecified atom stereocenters. The summed E-state index contributed by atoms with van der Waals surface area (Å²) in [5.41, 5.74) is 1.07. The van der Waals surface area contributed by atoms with E-state index in [0.29, 0.717) is 11.5 Å². The third-order valence-corrected chi connectivity index (χ3v) is 5.19. The molecule has 0 bridgehead atoms. The van der Waals surface area contributed by atoms with Gasteiger partial charge in [0.25, 0.3) is 0 Å². The summed E-state index contributed by atoms with van der Waals surface area (Å²) in [5, 5.41) is 3.20. The quantitative estimate of drug-likeness (QED) is 0.789. The molecule has 0 spiro atoms. The van der Waals surface area contributed by atoms with Crippen molar-refractivity contribution in [2.45, 2.75) is 31.3 Å². The number of benzene rings is 1. The molecule has 0 saturated carbocycles. The molecule has 0 amide bonds. The molecule has 5 nitrogen and oxygen atoms in total. The number of likely N-dealkylation sites (N-methyl/N-ethyl adjacent to an activating group) is 1. The van der Waals surface area contributed by atoms with Crippen LogP contribution < -0.4 is 5.32 Å². The molecular formula is C14H24N2O3S. The van der Waals surface area contributed by atoms with E-state index in [0.717, 1.165) is 18.7 Å². The van der Waals surface area contributed by atoms with Crippen LogP contribution in [0.3, 0.4) is 0 Å². The molecule has 1 rings (SSSR count). The van der Waals surface area contributed by atoms with Crippen LogP contribution in [0.25, 0.3) is 0 Å². The van der Waals surface area contributed by atoms with Crippen LogP contribution in [0.2, 0.25) is 0 Å². The molecule has 114 valence electrons. The fourth-order valence-electron chi connectivity index (χ4n) is 1.80. The Kier molecular flexibility index (Phi) is 6.61. The summed E-state index contributed by atoms with van der Waals surface area (Å²) in [6.07, 6.45) is 0. The van der Waals surface area contributed by atoms with Crippen molar-refractivity contribution in [1.29, 1.82) is 0 Å². The molecular weight excluding hydrogens is 276 g/mol. The van der Waals surface area contributed by atoms with Crippen LogP contribution in [0.5, 0.6) is 0 Å². The fourth-order valence-corrected chi connectivity index (χ4v) is 3.15. The monoisotopic (exact) mass is 300 g/mol. The van der Waals surface area contributed by atoms with Gasteiger partial charge in [0.15, 0.2) is 0 Å². The lowest BCUT2D eigenvalue weighted by atomic mass is 10.2. The molecule has 0 aliphatic carbocycles. The number of nitrogens with zero attached hydrogens (tertiary/aromatic N) is 1. The third-order valence-electron chi connectivity index (χ3n) is 3.21.